The van der Waals surface area contributed by atoms with E-state index in [-0.39, 0.29) is 11.7 Å². The van der Waals surface area contributed by atoms with Crippen LogP contribution in [0.5, 0.6) is 0 Å². The molecular formula is C18H19Cl2FN2O. The molecule has 0 heterocycles. The van der Waals surface area contributed by atoms with Gasteiger partial charge in [0.25, 0.3) is 0 Å². The lowest BCUT2D eigenvalue weighted by molar-refractivity contribution is -0.121. The number of carbonyl (C=O) groups is 1. The standard InChI is InChI=1S/C18H19Cl2FN2O/c19-15-4-3-14(17(20)11-15)7-9-22-10-8-18(24)23-12-13-1-5-16(21)6-2-13/h1-6,11,22H,7-10,12H2,(H,23,24). The number of halogens is 3. The Morgan fingerprint density at radius 2 is 1.79 bits per heavy atom. The van der Waals surface area contributed by atoms with E-state index >= 15 is 0 Å². The van der Waals surface area contributed by atoms with Crippen LogP contribution >= 0.6 is 23.2 Å². The highest BCUT2D eigenvalue weighted by Gasteiger charge is 2.03. The summed E-state index contributed by atoms with van der Waals surface area (Å²) < 4.78 is 12.8. The van der Waals surface area contributed by atoms with Crippen LogP contribution in [0.4, 0.5) is 4.39 Å². The predicted octanol–water partition coefficient (Wildman–Crippen LogP) is 3.97. The molecule has 2 N–H and O–H groups in total. The molecule has 1 amide bonds. The van der Waals surface area contributed by atoms with E-state index in [1.807, 2.05) is 12.1 Å². The smallest absolute Gasteiger partial charge is 0.221 e. The largest absolute Gasteiger partial charge is 0.352 e. The van der Waals surface area contributed by atoms with Crippen molar-refractivity contribution in [3.05, 3.63) is 69.5 Å². The van der Waals surface area contributed by atoms with Crippen LogP contribution in [0.15, 0.2) is 42.5 Å². The zero-order valence-electron chi connectivity index (χ0n) is 13.1. The van der Waals surface area contributed by atoms with Crippen LogP contribution in [-0.2, 0) is 17.8 Å². The van der Waals surface area contributed by atoms with Crippen molar-refractivity contribution in [1.82, 2.24) is 10.6 Å². The molecule has 0 saturated carbocycles. The van der Waals surface area contributed by atoms with Gasteiger partial charge in [0.1, 0.15) is 5.82 Å². The predicted molar refractivity (Wildman–Crippen MR) is 95.9 cm³/mol. The Labute approximate surface area is 151 Å². The normalized spacial score (nSPS) is 10.6. The number of benzene rings is 2. The van der Waals surface area contributed by atoms with Crippen LogP contribution in [-0.4, -0.2) is 19.0 Å². The van der Waals surface area contributed by atoms with E-state index in [0.717, 1.165) is 24.1 Å². The zero-order valence-corrected chi connectivity index (χ0v) is 14.6. The number of nitrogens with one attached hydrogen (secondary N) is 2. The van der Waals surface area contributed by atoms with Crippen LogP contribution in [0.2, 0.25) is 10.0 Å². The second-order valence-corrected chi connectivity index (χ2v) is 6.23. The van der Waals surface area contributed by atoms with Gasteiger partial charge in [-0.25, -0.2) is 4.39 Å². The summed E-state index contributed by atoms with van der Waals surface area (Å²) in [4.78, 5) is 11.7. The Kier molecular flexibility index (Phi) is 7.50. The van der Waals surface area contributed by atoms with Crippen LogP contribution < -0.4 is 10.6 Å². The molecule has 0 bridgehead atoms. The van der Waals surface area contributed by atoms with E-state index in [1.165, 1.54) is 12.1 Å². The molecule has 0 aliphatic carbocycles. The van der Waals surface area contributed by atoms with Crippen LogP contribution in [0, 0.1) is 5.82 Å². The van der Waals surface area contributed by atoms with E-state index in [1.54, 1.807) is 18.2 Å². The Hall–Kier alpha value is -1.62. The van der Waals surface area contributed by atoms with E-state index in [2.05, 4.69) is 10.6 Å². The second kappa shape index (κ2) is 9.62. The first-order valence-electron chi connectivity index (χ1n) is 7.70. The maximum atomic E-state index is 12.8. The van der Waals surface area contributed by atoms with Crippen molar-refractivity contribution >= 4 is 29.1 Å². The molecule has 2 rings (SSSR count). The van der Waals surface area contributed by atoms with Crippen molar-refractivity contribution in [3.8, 4) is 0 Å². The highest BCUT2D eigenvalue weighted by atomic mass is 35.5. The van der Waals surface area contributed by atoms with Gasteiger partial charge in [-0.05, 0) is 48.4 Å². The van der Waals surface area contributed by atoms with Gasteiger partial charge in [0.05, 0.1) is 0 Å². The van der Waals surface area contributed by atoms with Crippen molar-refractivity contribution in [2.75, 3.05) is 13.1 Å². The average Bonchev–Trinajstić information content (AvgIpc) is 2.56. The van der Waals surface area contributed by atoms with Crippen molar-refractivity contribution in [2.45, 2.75) is 19.4 Å². The van der Waals surface area contributed by atoms with E-state index < -0.39 is 0 Å². The molecule has 0 atom stereocenters. The van der Waals surface area contributed by atoms with Gasteiger partial charge in [-0.2, -0.15) is 0 Å². The van der Waals surface area contributed by atoms with Gasteiger partial charge in [0, 0.05) is 29.6 Å². The molecule has 0 fully saturated rings. The second-order valence-electron chi connectivity index (χ2n) is 5.39. The molecule has 2 aromatic carbocycles. The van der Waals surface area contributed by atoms with Gasteiger partial charge in [-0.1, -0.05) is 41.4 Å². The summed E-state index contributed by atoms with van der Waals surface area (Å²) in [5, 5.41) is 7.29. The molecule has 0 spiro atoms. The Morgan fingerprint density at radius 1 is 1.04 bits per heavy atom. The minimum atomic E-state index is -0.282. The summed E-state index contributed by atoms with van der Waals surface area (Å²) in [5.41, 5.74) is 1.89. The number of amides is 1. The molecule has 0 aliphatic heterocycles. The molecule has 0 saturated heterocycles. The van der Waals surface area contributed by atoms with Gasteiger partial charge < -0.3 is 10.6 Å². The third-order valence-corrected chi connectivity index (χ3v) is 4.10. The fourth-order valence-corrected chi connectivity index (χ4v) is 2.67. The first kappa shape index (κ1) is 18.7. The van der Waals surface area contributed by atoms with Crippen LogP contribution in [0.1, 0.15) is 17.5 Å². The first-order chi connectivity index (χ1) is 11.5. The Balaban J connectivity index is 1.60. The van der Waals surface area contributed by atoms with E-state index in [9.17, 15) is 9.18 Å². The molecular weight excluding hydrogens is 350 g/mol. The molecule has 0 aliphatic rings. The molecule has 0 unspecified atom stereocenters. The van der Waals surface area contributed by atoms with Gasteiger partial charge >= 0.3 is 0 Å². The van der Waals surface area contributed by atoms with Crippen molar-refractivity contribution in [2.24, 2.45) is 0 Å². The van der Waals surface area contributed by atoms with Crippen LogP contribution in [0.3, 0.4) is 0 Å². The quantitative estimate of drug-likeness (QED) is 0.692. The van der Waals surface area contributed by atoms with Gasteiger partial charge in [-0.15, -0.1) is 0 Å². The van der Waals surface area contributed by atoms with Gasteiger partial charge in [-0.3, -0.25) is 4.79 Å². The summed E-state index contributed by atoms with van der Waals surface area (Å²) in [6.07, 6.45) is 1.16. The SMILES string of the molecule is O=C(CCNCCc1ccc(Cl)cc1Cl)NCc1ccc(F)cc1. The summed E-state index contributed by atoms with van der Waals surface area (Å²) >= 11 is 12.0. The first-order valence-corrected chi connectivity index (χ1v) is 8.46. The topological polar surface area (TPSA) is 41.1 Å². The molecule has 128 valence electrons. The molecule has 0 radical (unpaired) electrons. The Bertz CT molecular complexity index is 677. The minimum absolute atomic E-state index is 0.0450. The zero-order chi connectivity index (χ0) is 17.4. The molecule has 2 aromatic rings. The van der Waals surface area contributed by atoms with Gasteiger partial charge in [0.2, 0.25) is 5.91 Å². The fourth-order valence-electron chi connectivity index (χ4n) is 2.17. The highest BCUT2D eigenvalue weighted by Crippen LogP contribution is 2.20. The third kappa shape index (κ3) is 6.48. The third-order valence-electron chi connectivity index (χ3n) is 3.52. The molecule has 0 aromatic heterocycles. The highest BCUT2D eigenvalue weighted by molar-refractivity contribution is 6.35. The van der Waals surface area contributed by atoms with E-state index in [4.69, 9.17) is 23.2 Å². The average molecular weight is 369 g/mol. The number of hydrogen-bond acceptors (Lipinski definition) is 2. The molecule has 6 heteroatoms. The van der Waals surface area contributed by atoms with Crippen molar-refractivity contribution < 1.29 is 9.18 Å². The number of rotatable bonds is 8. The fraction of sp³-hybridized carbons (Fsp3) is 0.278. The number of hydrogen-bond donors (Lipinski definition) is 2. The lowest BCUT2D eigenvalue weighted by Gasteiger charge is -2.08. The lowest BCUT2D eigenvalue weighted by Crippen LogP contribution is -2.28. The summed E-state index contributed by atoms with van der Waals surface area (Å²) in [6.45, 7) is 1.71. The monoisotopic (exact) mass is 368 g/mol. The molecule has 3 nitrogen and oxygen atoms in total. The Morgan fingerprint density at radius 3 is 2.50 bits per heavy atom. The minimum Gasteiger partial charge on any atom is -0.352 e. The lowest BCUT2D eigenvalue weighted by atomic mass is 10.1. The maximum absolute atomic E-state index is 12.8. The van der Waals surface area contributed by atoms with E-state index in [0.29, 0.717) is 29.6 Å². The maximum Gasteiger partial charge on any atom is 0.221 e. The molecule has 24 heavy (non-hydrogen) atoms. The summed E-state index contributed by atoms with van der Waals surface area (Å²) in [6, 6.07) is 11.5. The number of carbonyl (C=O) groups excluding carboxylic acids is 1. The summed E-state index contributed by atoms with van der Waals surface area (Å²) in [5.74, 6) is -0.327. The van der Waals surface area contributed by atoms with Crippen LogP contribution in [0.25, 0.3) is 0 Å². The van der Waals surface area contributed by atoms with Gasteiger partial charge in [0.15, 0.2) is 0 Å². The summed E-state index contributed by atoms with van der Waals surface area (Å²) in [7, 11) is 0. The van der Waals surface area contributed by atoms with Crippen molar-refractivity contribution in [3.63, 3.8) is 0 Å². The van der Waals surface area contributed by atoms with Crippen molar-refractivity contribution in [1.29, 1.82) is 0 Å².